The molecule has 1 aromatic heterocycles. The van der Waals surface area contributed by atoms with E-state index in [0.29, 0.717) is 22.7 Å². The number of hydrogen-bond donors (Lipinski definition) is 1. The van der Waals surface area contributed by atoms with Gasteiger partial charge in [0.15, 0.2) is 0 Å². The van der Waals surface area contributed by atoms with Crippen molar-refractivity contribution in [2.45, 2.75) is 31.6 Å². The van der Waals surface area contributed by atoms with Crippen molar-refractivity contribution in [3.05, 3.63) is 23.5 Å². The van der Waals surface area contributed by atoms with Gasteiger partial charge >= 0.3 is 0 Å². The Kier molecular flexibility index (Phi) is 3.19. The zero-order chi connectivity index (χ0) is 13.4. The molecule has 0 saturated heterocycles. The van der Waals surface area contributed by atoms with Crippen molar-refractivity contribution in [3.8, 4) is 5.75 Å². The normalized spacial score (nSPS) is 16.1. The molecule has 100 valence electrons. The van der Waals surface area contributed by atoms with E-state index in [2.05, 4.69) is 9.97 Å². The maximum absolute atomic E-state index is 11.5. The van der Waals surface area contributed by atoms with Crippen molar-refractivity contribution < 1.29 is 9.53 Å². The van der Waals surface area contributed by atoms with Gasteiger partial charge in [-0.05, 0) is 36.6 Å². The number of halogens is 1. The highest BCUT2D eigenvalue weighted by Crippen LogP contribution is 2.35. The summed E-state index contributed by atoms with van der Waals surface area (Å²) in [6.45, 7) is 0. The Morgan fingerprint density at radius 2 is 2.16 bits per heavy atom. The van der Waals surface area contributed by atoms with Crippen LogP contribution in [0.15, 0.2) is 12.1 Å². The summed E-state index contributed by atoms with van der Waals surface area (Å²) in [5, 5.41) is -0.489. The van der Waals surface area contributed by atoms with Crippen LogP contribution in [0.3, 0.4) is 0 Å². The third kappa shape index (κ3) is 2.10. The molecule has 1 saturated carbocycles. The molecular weight excluding hydrogens is 264 g/mol. The number of nitrogens with one attached hydrogen (secondary N) is 1. The van der Waals surface area contributed by atoms with Crippen molar-refractivity contribution in [2.75, 3.05) is 7.11 Å². The summed E-state index contributed by atoms with van der Waals surface area (Å²) in [6.07, 6.45) is 4.76. The number of nitrogens with zero attached hydrogens (tertiary/aromatic N) is 1. The smallest absolute Gasteiger partial charge is 0.254 e. The largest absolute Gasteiger partial charge is 0.494 e. The van der Waals surface area contributed by atoms with Crippen molar-refractivity contribution in [2.24, 2.45) is 0 Å². The van der Waals surface area contributed by atoms with E-state index >= 15 is 0 Å². The molecule has 1 aliphatic rings. The van der Waals surface area contributed by atoms with Crippen LogP contribution in [0.1, 0.15) is 47.8 Å². The standard InChI is InChI=1S/C14H15ClN2O2/c1-19-10-7-6-9(13(15)18)11-12(10)17-14(16-11)8-4-2-3-5-8/h6-8H,2-5H2,1H3,(H,16,17). The Morgan fingerprint density at radius 3 is 2.79 bits per heavy atom. The van der Waals surface area contributed by atoms with Crippen LogP contribution in [0.5, 0.6) is 5.75 Å². The summed E-state index contributed by atoms with van der Waals surface area (Å²) >= 11 is 5.61. The topological polar surface area (TPSA) is 55.0 Å². The molecule has 1 aromatic carbocycles. The SMILES string of the molecule is COc1ccc(C(=O)Cl)c2nc(C3CCCC3)[nH]c12. The number of H-pyrrole nitrogens is 1. The maximum Gasteiger partial charge on any atom is 0.254 e. The Balaban J connectivity index is 2.17. The van der Waals surface area contributed by atoms with Crippen LogP contribution < -0.4 is 4.74 Å². The molecular formula is C14H15ClN2O2. The predicted molar refractivity (Wildman–Crippen MR) is 74.0 cm³/mol. The first-order valence-electron chi connectivity index (χ1n) is 6.47. The molecule has 0 atom stereocenters. The van der Waals surface area contributed by atoms with E-state index in [1.54, 1.807) is 19.2 Å². The van der Waals surface area contributed by atoms with Gasteiger partial charge in [-0.15, -0.1) is 0 Å². The first-order chi connectivity index (χ1) is 9.20. The molecule has 0 spiro atoms. The van der Waals surface area contributed by atoms with Gasteiger partial charge in [-0.25, -0.2) is 4.98 Å². The number of carbonyl (C=O) groups is 1. The minimum atomic E-state index is -0.489. The van der Waals surface area contributed by atoms with Crippen LogP contribution in [0.2, 0.25) is 0 Å². The van der Waals surface area contributed by atoms with E-state index in [1.165, 1.54) is 12.8 Å². The van der Waals surface area contributed by atoms with Crippen molar-refractivity contribution in [1.82, 2.24) is 9.97 Å². The number of imidazole rings is 1. The lowest BCUT2D eigenvalue weighted by atomic mass is 10.1. The van der Waals surface area contributed by atoms with Crippen LogP contribution in [-0.4, -0.2) is 22.3 Å². The lowest BCUT2D eigenvalue weighted by Crippen LogP contribution is -1.94. The Bertz CT molecular complexity index is 630. The number of ether oxygens (including phenoxy) is 1. The second kappa shape index (κ2) is 4.85. The average Bonchev–Trinajstić information content (AvgIpc) is 3.05. The number of methoxy groups -OCH3 is 1. The number of hydrogen-bond acceptors (Lipinski definition) is 3. The van der Waals surface area contributed by atoms with Crippen LogP contribution in [0, 0.1) is 0 Å². The fourth-order valence-corrected chi connectivity index (χ4v) is 2.96. The molecule has 2 aromatic rings. The van der Waals surface area contributed by atoms with E-state index in [9.17, 15) is 4.79 Å². The first kappa shape index (κ1) is 12.5. The Hall–Kier alpha value is -1.55. The van der Waals surface area contributed by atoms with Crippen LogP contribution in [0.4, 0.5) is 0 Å². The molecule has 0 aliphatic heterocycles. The molecule has 3 rings (SSSR count). The number of aromatic amines is 1. The van der Waals surface area contributed by atoms with Gasteiger partial charge in [0, 0.05) is 5.92 Å². The lowest BCUT2D eigenvalue weighted by molar-refractivity contribution is 0.108. The third-order valence-electron chi connectivity index (χ3n) is 3.80. The zero-order valence-electron chi connectivity index (χ0n) is 10.7. The fraction of sp³-hybridized carbons (Fsp3) is 0.429. The number of benzene rings is 1. The first-order valence-corrected chi connectivity index (χ1v) is 6.85. The molecule has 1 fully saturated rings. The lowest BCUT2D eigenvalue weighted by Gasteiger charge is -2.03. The van der Waals surface area contributed by atoms with E-state index < -0.39 is 5.24 Å². The van der Waals surface area contributed by atoms with E-state index in [4.69, 9.17) is 16.3 Å². The summed E-state index contributed by atoms with van der Waals surface area (Å²) in [5.41, 5.74) is 1.80. The molecule has 1 aliphatic carbocycles. The number of carbonyl (C=O) groups excluding carboxylic acids is 1. The fourth-order valence-electron chi connectivity index (χ4n) is 2.81. The highest BCUT2D eigenvalue weighted by Gasteiger charge is 2.23. The quantitative estimate of drug-likeness (QED) is 0.873. The van der Waals surface area contributed by atoms with Gasteiger partial charge in [0.25, 0.3) is 5.24 Å². The summed E-state index contributed by atoms with van der Waals surface area (Å²) in [5.74, 6) is 2.08. The maximum atomic E-state index is 11.5. The average molecular weight is 279 g/mol. The number of rotatable bonds is 3. The van der Waals surface area contributed by atoms with E-state index in [1.807, 2.05) is 0 Å². The van der Waals surface area contributed by atoms with Gasteiger partial charge in [0.1, 0.15) is 22.6 Å². The van der Waals surface area contributed by atoms with E-state index in [-0.39, 0.29) is 0 Å². The van der Waals surface area contributed by atoms with Crippen molar-refractivity contribution in [1.29, 1.82) is 0 Å². The minimum absolute atomic E-state index is 0.429. The minimum Gasteiger partial charge on any atom is -0.494 e. The summed E-state index contributed by atoms with van der Waals surface area (Å²) in [7, 11) is 1.60. The Morgan fingerprint density at radius 1 is 1.42 bits per heavy atom. The van der Waals surface area contributed by atoms with Crippen molar-refractivity contribution in [3.63, 3.8) is 0 Å². The monoisotopic (exact) mass is 278 g/mol. The van der Waals surface area contributed by atoms with Gasteiger partial charge < -0.3 is 9.72 Å². The second-order valence-corrected chi connectivity index (χ2v) is 5.26. The molecule has 0 bridgehead atoms. The second-order valence-electron chi connectivity index (χ2n) is 4.92. The highest BCUT2D eigenvalue weighted by atomic mass is 35.5. The Labute approximate surface area is 116 Å². The molecule has 1 N–H and O–H groups in total. The van der Waals surface area contributed by atoms with Gasteiger partial charge in [-0.2, -0.15) is 0 Å². The van der Waals surface area contributed by atoms with Crippen LogP contribution >= 0.6 is 11.6 Å². The zero-order valence-corrected chi connectivity index (χ0v) is 11.5. The molecule has 5 heteroatoms. The molecule has 4 nitrogen and oxygen atoms in total. The van der Waals surface area contributed by atoms with Gasteiger partial charge in [0.2, 0.25) is 0 Å². The van der Waals surface area contributed by atoms with Crippen LogP contribution in [-0.2, 0) is 0 Å². The van der Waals surface area contributed by atoms with Crippen LogP contribution in [0.25, 0.3) is 11.0 Å². The number of fused-ring (bicyclic) bond motifs is 1. The van der Waals surface area contributed by atoms with Gasteiger partial charge in [-0.3, -0.25) is 4.79 Å². The summed E-state index contributed by atoms with van der Waals surface area (Å²) < 4.78 is 5.31. The molecule has 0 unspecified atom stereocenters. The summed E-state index contributed by atoms with van der Waals surface area (Å²) in [4.78, 5) is 19.3. The van der Waals surface area contributed by atoms with E-state index in [0.717, 1.165) is 24.2 Å². The molecule has 1 heterocycles. The number of aromatic nitrogens is 2. The highest BCUT2D eigenvalue weighted by molar-refractivity contribution is 6.68. The molecule has 19 heavy (non-hydrogen) atoms. The predicted octanol–water partition coefficient (Wildman–Crippen LogP) is 3.61. The third-order valence-corrected chi connectivity index (χ3v) is 4.00. The van der Waals surface area contributed by atoms with Gasteiger partial charge in [0.05, 0.1) is 12.7 Å². The van der Waals surface area contributed by atoms with Crippen molar-refractivity contribution >= 4 is 27.9 Å². The molecule has 0 radical (unpaired) electrons. The summed E-state index contributed by atoms with van der Waals surface area (Å²) in [6, 6.07) is 3.41. The molecule has 0 amide bonds. The van der Waals surface area contributed by atoms with Gasteiger partial charge in [-0.1, -0.05) is 12.8 Å².